The zero-order valence-electron chi connectivity index (χ0n) is 8.02. The van der Waals surface area contributed by atoms with E-state index >= 15 is 0 Å². The van der Waals surface area contributed by atoms with Crippen molar-refractivity contribution in [3.63, 3.8) is 0 Å². The molecule has 14 heavy (non-hydrogen) atoms. The van der Waals surface area contributed by atoms with Gasteiger partial charge in [0, 0.05) is 0 Å². The highest BCUT2D eigenvalue weighted by molar-refractivity contribution is 5.16. The third-order valence-corrected chi connectivity index (χ3v) is 2.08. The average molecular weight is 191 g/mol. The summed E-state index contributed by atoms with van der Waals surface area (Å²) in [6.07, 6.45) is 5.88. The van der Waals surface area contributed by atoms with Crippen molar-refractivity contribution in [3.05, 3.63) is 54.4 Å². The number of halogens is 1. The van der Waals surface area contributed by atoms with Crippen LogP contribution in [-0.4, -0.2) is 4.57 Å². The van der Waals surface area contributed by atoms with E-state index in [0.29, 0.717) is 6.54 Å². The molecule has 2 rings (SSSR count). The van der Waals surface area contributed by atoms with Crippen LogP contribution >= 0.6 is 0 Å². The van der Waals surface area contributed by atoms with E-state index in [9.17, 15) is 4.39 Å². The number of imidazole rings is 1. The van der Waals surface area contributed by atoms with Gasteiger partial charge in [-0.25, -0.2) is 13.5 Å². The first kappa shape index (κ1) is 8.94. The van der Waals surface area contributed by atoms with Crippen molar-refractivity contribution >= 4 is 0 Å². The van der Waals surface area contributed by atoms with E-state index in [4.69, 9.17) is 0 Å². The van der Waals surface area contributed by atoms with E-state index in [-0.39, 0.29) is 5.82 Å². The van der Waals surface area contributed by atoms with Gasteiger partial charge in [0.15, 0.2) is 0 Å². The van der Waals surface area contributed by atoms with Gasteiger partial charge in [-0.1, -0.05) is 12.1 Å². The minimum Gasteiger partial charge on any atom is -0.240 e. The predicted octanol–water partition coefficient (Wildman–Crippen LogP) is 1.50. The fraction of sp³-hybridized carbons (Fsp3) is 0.182. The quantitative estimate of drug-likeness (QED) is 0.636. The van der Waals surface area contributed by atoms with E-state index in [1.807, 2.05) is 41.0 Å². The molecule has 0 radical (unpaired) electrons. The largest absolute Gasteiger partial charge is 0.243 e. The average Bonchev–Trinajstić information content (AvgIpc) is 2.51. The number of nitrogens with zero attached hydrogens (tertiary/aromatic N) is 2. The molecule has 1 aromatic heterocycles. The number of hydrogen-bond acceptors (Lipinski definition) is 0. The van der Waals surface area contributed by atoms with Crippen LogP contribution in [0.5, 0.6) is 0 Å². The second-order valence-electron chi connectivity index (χ2n) is 3.38. The molecule has 0 fully saturated rings. The summed E-state index contributed by atoms with van der Waals surface area (Å²) >= 11 is 0. The minimum atomic E-state index is -0.181. The monoisotopic (exact) mass is 191 g/mol. The van der Waals surface area contributed by atoms with Crippen LogP contribution in [0.2, 0.25) is 0 Å². The Hall–Kier alpha value is -1.64. The van der Waals surface area contributed by atoms with Crippen LogP contribution < -0.4 is 4.57 Å². The molecule has 0 saturated heterocycles. The molecule has 0 amide bonds. The molecule has 0 spiro atoms. The molecule has 0 aliphatic rings. The lowest BCUT2D eigenvalue weighted by Crippen LogP contribution is -2.23. The van der Waals surface area contributed by atoms with Gasteiger partial charge in [0.25, 0.3) is 0 Å². The van der Waals surface area contributed by atoms with Crippen LogP contribution in [0.1, 0.15) is 5.56 Å². The predicted molar refractivity (Wildman–Crippen MR) is 51.1 cm³/mol. The highest BCUT2D eigenvalue weighted by atomic mass is 19.1. The second-order valence-corrected chi connectivity index (χ2v) is 3.38. The Morgan fingerprint density at radius 1 is 1.43 bits per heavy atom. The first-order valence-electron chi connectivity index (χ1n) is 4.49. The first-order valence-corrected chi connectivity index (χ1v) is 4.49. The summed E-state index contributed by atoms with van der Waals surface area (Å²) in [5.74, 6) is -0.181. The Morgan fingerprint density at radius 3 is 2.93 bits per heavy atom. The summed E-state index contributed by atoms with van der Waals surface area (Å²) < 4.78 is 16.8. The van der Waals surface area contributed by atoms with Crippen molar-refractivity contribution in [2.45, 2.75) is 6.54 Å². The molecule has 0 aliphatic heterocycles. The van der Waals surface area contributed by atoms with Gasteiger partial charge < -0.3 is 0 Å². The van der Waals surface area contributed by atoms with Crippen LogP contribution in [0.4, 0.5) is 4.39 Å². The Kier molecular flexibility index (Phi) is 2.31. The summed E-state index contributed by atoms with van der Waals surface area (Å²) in [5, 5.41) is 0. The summed E-state index contributed by atoms with van der Waals surface area (Å²) in [6, 6.07) is 6.66. The van der Waals surface area contributed by atoms with Crippen molar-refractivity contribution in [1.29, 1.82) is 0 Å². The van der Waals surface area contributed by atoms with Crippen LogP contribution in [0.15, 0.2) is 43.0 Å². The highest BCUT2D eigenvalue weighted by Gasteiger charge is 2.01. The van der Waals surface area contributed by atoms with E-state index in [0.717, 1.165) is 5.56 Å². The van der Waals surface area contributed by atoms with Gasteiger partial charge in [0.1, 0.15) is 24.8 Å². The molecule has 0 saturated carbocycles. The summed E-state index contributed by atoms with van der Waals surface area (Å²) in [7, 11) is 1.96. The van der Waals surface area contributed by atoms with Crippen molar-refractivity contribution in [2.75, 3.05) is 0 Å². The van der Waals surface area contributed by atoms with E-state index in [1.165, 1.54) is 6.07 Å². The molecule has 2 aromatic rings. The number of hydrogen-bond donors (Lipinski definition) is 0. The molecule has 0 atom stereocenters. The van der Waals surface area contributed by atoms with Crippen LogP contribution in [-0.2, 0) is 13.6 Å². The molecule has 0 bridgehead atoms. The van der Waals surface area contributed by atoms with E-state index < -0.39 is 0 Å². The van der Waals surface area contributed by atoms with Crippen molar-refractivity contribution in [3.8, 4) is 0 Å². The summed E-state index contributed by atoms with van der Waals surface area (Å²) in [5.41, 5.74) is 0.973. The maximum Gasteiger partial charge on any atom is 0.243 e. The number of aryl methyl sites for hydroxylation is 1. The van der Waals surface area contributed by atoms with Crippen LogP contribution in [0.25, 0.3) is 0 Å². The lowest BCUT2D eigenvalue weighted by Gasteiger charge is -1.97. The molecular formula is C11H12FN2+. The molecule has 0 aliphatic carbocycles. The van der Waals surface area contributed by atoms with Crippen molar-refractivity contribution < 1.29 is 8.96 Å². The van der Waals surface area contributed by atoms with Gasteiger partial charge in [-0.05, 0) is 17.7 Å². The minimum absolute atomic E-state index is 0.181. The third kappa shape index (κ3) is 1.99. The van der Waals surface area contributed by atoms with Crippen molar-refractivity contribution in [2.24, 2.45) is 7.05 Å². The first-order chi connectivity index (χ1) is 6.74. The van der Waals surface area contributed by atoms with Gasteiger partial charge in [0.2, 0.25) is 6.33 Å². The zero-order chi connectivity index (χ0) is 9.97. The van der Waals surface area contributed by atoms with E-state index in [1.54, 1.807) is 12.1 Å². The van der Waals surface area contributed by atoms with Gasteiger partial charge in [-0.3, -0.25) is 0 Å². The Bertz CT molecular complexity index is 434. The SMILES string of the molecule is C[n+]1ccn(Cc2cccc(F)c2)c1. The molecule has 1 heterocycles. The maximum absolute atomic E-state index is 12.9. The number of benzene rings is 1. The lowest BCUT2D eigenvalue weighted by atomic mass is 10.2. The molecular weight excluding hydrogens is 179 g/mol. The zero-order valence-corrected chi connectivity index (χ0v) is 8.02. The Balaban J connectivity index is 2.18. The van der Waals surface area contributed by atoms with Gasteiger partial charge in [-0.15, -0.1) is 0 Å². The molecule has 0 N–H and O–H groups in total. The van der Waals surface area contributed by atoms with Gasteiger partial charge in [-0.2, -0.15) is 0 Å². The number of aromatic nitrogens is 2. The molecule has 72 valence electrons. The molecule has 0 unspecified atom stereocenters. The normalized spacial score (nSPS) is 10.4. The molecule has 2 nitrogen and oxygen atoms in total. The Morgan fingerprint density at radius 2 is 2.29 bits per heavy atom. The van der Waals surface area contributed by atoms with Gasteiger partial charge in [0.05, 0.1) is 7.05 Å². The fourth-order valence-corrected chi connectivity index (χ4v) is 1.44. The third-order valence-electron chi connectivity index (χ3n) is 2.08. The smallest absolute Gasteiger partial charge is 0.240 e. The molecule has 3 heteroatoms. The van der Waals surface area contributed by atoms with E-state index in [2.05, 4.69) is 0 Å². The summed E-state index contributed by atoms with van der Waals surface area (Å²) in [6.45, 7) is 0.707. The van der Waals surface area contributed by atoms with Gasteiger partial charge >= 0.3 is 0 Å². The van der Waals surface area contributed by atoms with Crippen LogP contribution in [0.3, 0.4) is 0 Å². The topological polar surface area (TPSA) is 8.81 Å². The number of rotatable bonds is 2. The fourth-order valence-electron chi connectivity index (χ4n) is 1.44. The highest BCUT2D eigenvalue weighted by Crippen LogP contribution is 2.04. The van der Waals surface area contributed by atoms with Crippen molar-refractivity contribution in [1.82, 2.24) is 4.57 Å². The molecule has 1 aromatic carbocycles. The summed E-state index contributed by atoms with van der Waals surface area (Å²) in [4.78, 5) is 0. The standard InChI is InChI=1S/C11H12FN2/c1-13-5-6-14(9-13)8-10-3-2-4-11(12)7-10/h2-7,9H,8H2,1H3/q+1. The maximum atomic E-state index is 12.9. The lowest BCUT2D eigenvalue weighted by molar-refractivity contribution is -0.671. The van der Waals surface area contributed by atoms with Crippen LogP contribution in [0, 0.1) is 5.82 Å². The second kappa shape index (κ2) is 3.62. The Labute approximate surface area is 82.2 Å².